The SMILES string of the molecule is Cc1cc(Br)cnc1NS(=O)(=O)c1cccc(CN)c1. The maximum Gasteiger partial charge on any atom is 0.263 e. The molecule has 0 spiro atoms. The first-order valence-corrected chi connectivity index (χ1v) is 8.14. The van der Waals surface area contributed by atoms with E-state index in [1.807, 2.05) is 0 Å². The Morgan fingerprint density at radius 3 is 2.75 bits per heavy atom. The van der Waals surface area contributed by atoms with Crippen LogP contribution >= 0.6 is 15.9 Å². The number of benzene rings is 1. The van der Waals surface area contributed by atoms with Crippen molar-refractivity contribution in [2.45, 2.75) is 18.4 Å². The molecule has 0 aliphatic rings. The number of rotatable bonds is 4. The zero-order chi connectivity index (χ0) is 14.8. The molecule has 2 rings (SSSR count). The minimum atomic E-state index is -3.66. The van der Waals surface area contributed by atoms with Crippen molar-refractivity contribution in [3.8, 4) is 0 Å². The third-order valence-electron chi connectivity index (χ3n) is 2.72. The summed E-state index contributed by atoms with van der Waals surface area (Å²) in [6.45, 7) is 2.07. The summed E-state index contributed by atoms with van der Waals surface area (Å²) in [6.07, 6.45) is 1.54. The van der Waals surface area contributed by atoms with Crippen molar-refractivity contribution >= 4 is 31.8 Å². The van der Waals surface area contributed by atoms with E-state index in [1.165, 1.54) is 6.07 Å². The molecule has 0 fully saturated rings. The molecule has 0 radical (unpaired) electrons. The molecule has 3 N–H and O–H groups in total. The molecule has 0 bridgehead atoms. The molecule has 0 amide bonds. The number of sulfonamides is 1. The van der Waals surface area contributed by atoms with Gasteiger partial charge in [-0.1, -0.05) is 12.1 Å². The van der Waals surface area contributed by atoms with Crippen LogP contribution in [0.4, 0.5) is 5.82 Å². The third-order valence-corrected chi connectivity index (χ3v) is 4.49. The molecule has 7 heteroatoms. The number of nitrogens with zero attached hydrogens (tertiary/aromatic N) is 1. The van der Waals surface area contributed by atoms with Gasteiger partial charge in [-0.3, -0.25) is 4.72 Å². The van der Waals surface area contributed by atoms with E-state index in [9.17, 15) is 8.42 Å². The van der Waals surface area contributed by atoms with Crippen LogP contribution < -0.4 is 10.5 Å². The fraction of sp³-hybridized carbons (Fsp3) is 0.154. The zero-order valence-electron chi connectivity index (χ0n) is 10.8. The van der Waals surface area contributed by atoms with E-state index in [-0.39, 0.29) is 4.90 Å². The van der Waals surface area contributed by atoms with Gasteiger partial charge in [0.15, 0.2) is 0 Å². The highest BCUT2D eigenvalue weighted by Crippen LogP contribution is 2.20. The van der Waals surface area contributed by atoms with Crippen LogP contribution in [0.3, 0.4) is 0 Å². The Morgan fingerprint density at radius 1 is 1.35 bits per heavy atom. The molecule has 0 saturated carbocycles. The minimum Gasteiger partial charge on any atom is -0.326 e. The van der Waals surface area contributed by atoms with Crippen molar-refractivity contribution in [1.82, 2.24) is 4.98 Å². The van der Waals surface area contributed by atoms with Crippen molar-refractivity contribution in [3.05, 3.63) is 52.1 Å². The Labute approximate surface area is 126 Å². The van der Waals surface area contributed by atoms with Crippen LogP contribution in [0.15, 0.2) is 45.9 Å². The number of anilines is 1. The summed E-state index contributed by atoms with van der Waals surface area (Å²) in [6, 6.07) is 8.31. The zero-order valence-corrected chi connectivity index (χ0v) is 13.2. The van der Waals surface area contributed by atoms with E-state index in [1.54, 1.807) is 37.4 Å². The highest BCUT2D eigenvalue weighted by Gasteiger charge is 2.16. The highest BCUT2D eigenvalue weighted by atomic mass is 79.9. The molecule has 106 valence electrons. The van der Waals surface area contributed by atoms with Gasteiger partial charge in [0, 0.05) is 17.2 Å². The second kappa shape index (κ2) is 5.90. The van der Waals surface area contributed by atoms with Gasteiger partial charge in [0.05, 0.1) is 4.90 Å². The fourth-order valence-corrected chi connectivity index (χ4v) is 3.27. The summed E-state index contributed by atoms with van der Waals surface area (Å²) in [7, 11) is -3.66. The predicted octanol–water partition coefficient (Wildman–Crippen LogP) is 2.41. The Hall–Kier alpha value is -1.44. The highest BCUT2D eigenvalue weighted by molar-refractivity contribution is 9.10. The molecular formula is C13H14BrN3O2S. The first kappa shape index (κ1) is 15.0. The fourth-order valence-electron chi connectivity index (χ4n) is 1.67. The average Bonchev–Trinajstić information content (AvgIpc) is 2.42. The monoisotopic (exact) mass is 355 g/mol. The number of pyridine rings is 1. The Morgan fingerprint density at radius 2 is 2.10 bits per heavy atom. The number of halogens is 1. The number of aromatic nitrogens is 1. The van der Waals surface area contributed by atoms with E-state index in [0.29, 0.717) is 12.4 Å². The van der Waals surface area contributed by atoms with Crippen molar-refractivity contribution < 1.29 is 8.42 Å². The van der Waals surface area contributed by atoms with Gasteiger partial charge in [0.25, 0.3) is 10.0 Å². The third kappa shape index (κ3) is 3.36. The van der Waals surface area contributed by atoms with Gasteiger partial charge in [-0.15, -0.1) is 0 Å². The maximum absolute atomic E-state index is 12.3. The van der Waals surface area contributed by atoms with Gasteiger partial charge < -0.3 is 5.73 Å². The lowest BCUT2D eigenvalue weighted by molar-refractivity contribution is 0.601. The van der Waals surface area contributed by atoms with Crippen LogP contribution in [0.2, 0.25) is 0 Å². The molecule has 1 aromatic carbocycles. The number of nitrogens with two attached hydrogens (primary N) is 1. The molecule has 0 atom stereocenters. The van der Waals surface area contributed by atoms with Crippen LogP contribution in [0, 0.1) is 6.92 Å². The van der Waals surface area contributed by atoms with Gasteiger partial charge in [0.2, 0.25) is 0 Å². The smallest absolute Gasteiger partial charge is 0.263 e. The van der Waals surface area contributed by atoms with E-state index in [0.717, 1.165) is 15.6 Å². The Kier molecular flexibility index (Phi) is 4.42. The molecule has 5 nitrogen and oxygen atoms in total. The van der Waals surface area contributed by atoms with Crippen LogP contribution in [0.25, 0.3) is 0 Å². The first-order valence-electron chi connectivity index (χ1n) is 5.86. The number of hydrogen-bond donors (Lipinski definition) is 2. The normalized spacial score (nSPS) is 11.3. The summed E-state index contributed by atoms with van der Waals surface area (Å²) in [4.78, 5) is 4.24. The predicted molar refractivity (Wildman–Crippen MR) is 81.8 cm³/mol. The first-order chi connectivity index (χ1) is 9.42. The number of aryl methyl sites for hydroxylation is 1. The molecule has 2 aromatic rings. The molecule has 0 aliphatic carbocycles. The molecule has 0 saturated heterocycles. The van der Waals surface area contributed by atoms with Crippen LogP contribution in [-0.4, -0.2) is 13.4 Å². The van der Waals surface area contributed by atoms with E-state index in [4.69, 9.17) is 5.73 Å². The lowest BCUT2D eigenvalue weighted by Crippen LogP contribution is -2.15. The average molecular weight is 356 g/mol. The standard InChI is InChI=1S/C13H14BrN3O2S/c1-9-5-11(14)8-16-13(9)17-20(18,19)12-4-2-3-10(6-12)7-15/h2-6,8H,7,15H2,1H3,(H,16,17). The second-order valence-electron chi connectivity index (χ2n) is 4.28. The maximum atomic E-state index is 12.3. The van der Waals surface area contributed by atoms with Crippen molar-refractivity contribution in [3.63, 3.8) is 0 Å². The van der Waals surface area contributed by atoms with E-state index in [2.05, 4.69) is 25.6 Å². The minimum absolute atomic E-state index is 0.171. The molecule has 20 heavy (non-hydrogen) atoms. The summed E-state index contributed by atoms with van der Waals surface area (Å²) in [5, 5.41) is 0. The van der Waals surface area contributed by atoms with Crippen LogP contribution in [0.1, 0.15) is 11.1 Å². The van der Waals surface area contributed by atoms with E-state index < -0.39 is 10.0 Å². The van der Waals surface area contributed by atoms with Crippen molar-refractivity contribution in [1.29, 1.82) is 0 Å². The molecule has 0 unspecified atom stereocenters. The Bertz CT molecular complexity index is 732. The number of nitrogens with one attached hydrogen (secondary N) is 1. The molecule has 0 aliphatic heterocycles. The summed E-state index contributed by atoms with van der Waals surface area (Å²) >= 11 is 3.29. The number of hydrogen-bond acceptors (Lipinski definition) is 4. The van der Waals surface area contributed by atoms with Crippen molar-refractivity contribution in [2.24, 2.45) is 5.73 Å². The van der Waals surface area contributed by atoms with Gasteiger partial charge in [-0.2, -0.15) is 0 Å². The topological polar surface area (TPSA) is 85.1 Å². The summed E-state index contributed by atoms with van der Waals surface area (Å²) in [5.41, 5.74) is 7.01. The van der Waals surface area contributed by atoms with Crippen molar-refractivity contribution in [2.75, 3.05) is 4.72 Å². The lowest BCUT2D eigenvalue weighted by Gasteiger charge is -2.10. The summed E-state index contributed by atoms with van der Waals surface area (Å²) in [5.74, 6) is 0.311. The Balaban J connectivity index is 2.35. The second-order valence-corrected chi connectivity index (χ2v) is 6.87. The molecule has 1 aromatic heterocycles. The molecular weight excluding hydrogens is 342 g/mol. The largest absolute Gasteiger partial charge is 0.326 e. The van der Waals surface area contributed by atoms with Gasteiger partial charge in [-0.25, -0.2) is 13.4 Å². The van der Waals surface area contributed by atoms with Gasteiger partial charge >= 0.3 is 0 Å². The van der Waals surface area contributed by atoms with E-state index >= 15 is 0 Å². The quantitative estimate of drug-likeness (QED) is 0.881. The lowest BCUT2D eigenvalue weighted by atomic mass is 10.2. The van der Waals surface area contributed by atoms with Crippen LogP contribution in [0.5, 0.6) is 0 Å². The van der Waals surface area contributed by atoms with Gasteiger partial charge in [0.1, 0.15) is 5.82 Å². The molecule has 1 heterocycles. The van der Waals surface area contributed by atoms with Crippen LogP contribution in [-0.2, 0) is 16.6 Å². The van der Waals surface area contributed by atoms with Gasteiger partial charge in [-0.05, 0) is 52.2 Å². The summed E-state index contributed by atoms with van der Waals surface area (Å²) < 4.78 is 27.9.